The molecule has 0 aliphatic heterocycles. The minimum atomic E-state index is 1.19. The lowest BCUT2D eigenvalue weighted by molar-refractivity contribution is 1.83. The minimum absolute atomic E-state index is 1.19. The Kier molecular flexibility index (Phi) is 1.17. The van der Waals surface area contributed by atoms with Gasteiger partial charge < -0.3 is 0 Å². The lowest BCUT2D eigenvalue weighted by atomic mass is 10.2. The molecule has 0 atom stereocenters. The van der Waals surface area contributed by atoms with Crippen molar-refractivity contribution >= 4 is 0 Å². The van der Waals surface area contributed by atoms with Gasteiger partial charge in [-0.3, -0.25) is 0 Å². The van der Waals surface area contributed by atoms with E-state index in [2.05, 4.69) is 24.3 Å². The Bertz CT molecular complexity index is 271. The third kappa shape index (κ3) is 0.781. The van der Waals surface area contributed by atoms with Crippen molar-refractivity contribution in [3.8, 4) is 11.1 Å². The van der Waals surface area contributed by atoms with Crippen molar-refractivity contribution in [3.05, 3.63) is 48.5 Å². The van der Waals surface area contributed by atoms with E-state index >= 15 is 0 Å². The summed E-state index contributed by atoms with van der Waals surface area (Å²) in [4.78, 5) is 0. The summed E-state index contributed by atoms with van der Waals surface area (Å²) in [5.41, 5.74) is 2.44. The molecule has 1 radical (unpaired) electrons. The molecule has 0 N–H and O–H groups in total. The molecule has 0 aromatic rings. The standard InChI is InChI=1S/C10H7/c1-2-5-9-7-4-8-10(9)6-3-1/h1-7H. The molecule has 0 unspecified atom stereocenters. The van der Waals surface area contributed by atoms with Crippen molar-refractivity contribution in [2.24, 2.45) is 0 Å². The molecular weight excluding hydrogens is 120 g/mol. The second-order valence-corrected chi connectivity index (χ2v) is 2.26. The quantitative estimate of drug-likeness (QED) is 0.510. The Morgan fingerprint density at radius 1 is 0.900 bits per heavy atom. The van der Waals surface area contributed by atoms with Crippen LogP contribution in [-0.2, 0) is 0 Å². The van der Waals surface area contributed by atoms with Crippen LogP contribution in [0.25, 0.3) is 11.1 Å². The number of hydrogen-bond acceptors (Lipinski definition) is 0. The average molecular weight is 127 g/mol. The van der Waals surface area contributed by atoms with Gasteiger partial charge in [0, 0.05) is 0 Å². The highest BCUT2D eigenvalue weighted by atomic mass is 14.0. The molecule has 2 rings (SSSR count). The third-order valence-corrected chi connectivity index (χ3v) is 1.57. The van der Waals surface area contributed by atoms with Crippen molar-refractivity contribution in [2.75, 3.05) is 0 Å². The van der Waals surface area contributed by atoms with Crippen LogP contribution in [0, 0.1) is 6.07 Å². The first-order chi connectivity index (χ1) is 4.97. The summed E-state index contributed by atoms with van der Waals surface area (Å²) in [6, 6.07) is 17.4. The van der Waals surface area contributed by atoms with Gasteiger partial charge >= 0.3 is 0 Å². The van der Waals surface area contributed by atoms with Crippen LogP contribution in [-0.4, -0.2) is 0 Å². The van der Waals surface area contributed by atoms with Crippen molar-refractivity contribution in [1.82, 2.24) is 0 Å². The third-order valence-electron chi connectivity index (χ3n) is 1.57. The molecule has 0 fully saturated rings. The van der Waals surface area contributed by atoms with Crippen LogP contribution in [0.15, 0.2) is 42.5 Å². The van der Waals surface area contributed by atoms with Gasteiger partial charge in [-0.15, -0.1) is 0 Å². The lowest BCUT2D eigenvalue weighted by Gasteiger charge is -1.85. The van der Waals surface area contributed by atoms with Crippen molar-refractivity contribution in [3.63, 3.8) is 0 Å². The van der Waals surface area contributed by atoms with Crippen LogP contribution in [0.1, 0.15) is 0 Å². The molecule has 47 valence electrons. The maximum absolute atomic E-state index is 3.14. The van der Waals surface area contributed by atoms with Crippen LogP contribution >= 0.6 is 0 Å². The smallest absolute Gasteiger partial charge is 0.00990 e. The second-order valence-electron chi connectivity index (χ2n) is 2.26. The van der Waals surface area contributed by atoms with Crippen LogP contribution in [0.2, 0.25) is 0 Å². The minimum Gasteiger partial charge on any atom is -0.0622 e. The lowest BCUT2D eigenvalue weighted by Crippen LogP contribution is -1.60. The fourth-order valence-corrected chi connectivity index (χ4v) is 1.06. The fraction of sp³-hybridized carbons (Fsp3) is 0. The SMILES string of the molecule is [c]1ccc2cccccc1-2. The summed E-state index contributed by atoms with van der Waals surface area (Å²) in [6.45, 7) is 0. The molecule has 0 heteroatoms. The van der Waals surface area contributed by atoms with E-state index in [-0.39, 0.29) is 0 Å². The van der Waals surface area contributed by atoms with Crippen LogP contribution in [0.3, 0.4) is 0 Å². The van der Waals surface area contributed by atoms with Gasteiger partial charge in [-0.1, -0.05) is 42.5 Å². The van der Waals surface area contributed by atoms with Crippen molar-refractivity contribution < 1.29 is 0 Å². The van der Waals surface area contributed by atoms with Gasteiger partial charge in [0.05, 0.1) is 0 Å². The summed E-state index contributed by atoms with van der Waals surface area (Å²) in [7, 11) is 0. The van der Waals surface area contributed by atoms with E-state index in [1.807, 2.05) is 24.3 Å². The summed E-state index contributed by atoms with van der Waals surface area (Å²) < 4.78 is 0. The monoisotopic (exact) mass is 127 g/mol. The first-order valence-electron chi connectivity index (χ1n) is 3.32. The Morgan fingerprint density at radius 2 is 1.80 bits per heavy atom. The molecule has 0 aromatic heterocycles. The van der Waals surface area contributed by atoms with E-state index < -0.39 is 0 Å². The summed E-state index contributed by atoms with van der Waals surface area (Å²) >= 11 is 0. The number of rotatable bonds is 0. The first-order valence-corrected chi connectivity index (χ1v) is 3.32. The molecule has 0 aromatic carbocycles. The van der Waals surface area contributed by atoms with E-state index in [4.69, 9.17) is 0 Å². The predicted molar refractivity (Wildman–Crippen MR) is 41.9 cm³/mol. The molecule has 0 heterocycles. The fourth-order valence-electron chi connectivity index (χ4n) is 1.06. The second kappa shape index (κ2) is 2.14. The van der Waals surface area contributed by atoms with Gasteiger partial charge in [0.25, 0.3) is 0 Å². The summed E-state index contributed by atoms with van der Waals surface area (Å²) in [5.74, 6) is 0. The first kappa shape index (κ1) is 5.48. The highest BCUT2D eigenvalue weighted by molar-refractivity contribution is 5.64. The number of fused-ring (bicyclic) bond motifs is 1. The Hall–Kier alpha value is -1.30. The Morgan fingerprint density at radius 3 is 2.80 bits per heavy atom. The molecule has 10 heavy (non-hydrogen) atoms. The zero-order valence-corrected chi connectivity index (χ0v) is 5.54. The van der Waals surface area contributed by atoms with Crippen molar-refractivity contribution in [1.29, 1.82) is 0 Å². The van der Waals surface area contributed by atoms with Gasteiger partial charge in [-0.05, 0) is 17.2 Å². The van der Waals surface area contributed by atoms with E-state index in [0.29, 0.717) is 0 Å². The molecule has 0 saturated heterocycles. The van der Waals surface area contributed by atoms with Crippen molar-refractivity contribution in [2.45, 2.75) is 0 Å². The van der Waals surface area contributed by atoms with E-state index in [1.165, 1.54) is 11.1 Å². The molecule has 0 nitrogen and oxygen atoms in total. The molecule has 0 spiro atoms. The topological polar surface area (TPSA) is 0 Å². The van der Waals surface area contributed by atoms with E-state index in [0.717, 1.165) is 0 Å². The molecule has 0 saturated carbocycles. The molecule has 0 bridgehead atoms. The van der Waals surface area contributed by atoms with Crippen LogP contribution in [0.5, 0.6) is 0 Å². The summed E-state index contributed by atoms with van der Waals surface area (Å²) in [6.07, 6.45) is 0. The Balaban J connectivity index is 2.74. The maximum atomic E-state index is 3.14. The molecular formula is C10H7. The van der Waals surface area contributed by atoms with Crippen LogP contribution in [0.4, 0.5) is 0 Å². The molecule has 0 amide bonds. The van der Waals surface area contributed by atoms with Gasteiger partial charge in [-0.2, -0.15) is 0 Å². The van der Waals surface area contributed by atoms with Gasteiger partial charge in [-0.25, -0.2) is 0 Å². The maximum Gasteiger partial charge on any atom is -0.00990 e. The highest BCUT2D eigenvalue weighted by Crippen LogP contribution is 2.19. The highest BCUT2D eigenvalue weighted by Gasteiger charge is 1.95. The molecule has 2 aliphatic carbocycles. The van der Waals surface area contributed by atoms with Gasteiger partial charge in [0.15, 0.2) is 0 Å². The van der Waals surface area contributed by atoms with E-state index in [9.17, 15) is 0 Å². The van der Waals surface area contributed by atoms with Crippen LogP contribution < -0.4 is 0 Å². The zero-order chi connectivity index (χ0) is 6.81. The largest absolute Gasteiger partial charge is 0.0622 e. The Labute approximate surface area is 60.5 Å². The zero-order valence-electron chi connectivity index (χ0n) is 5.54. The average Bonchev–Trinajstić information content (AvgIpc) is 2.28. The van der Waals surface area contributed by atoms with E-state index in [1.54, 1.807) is 0 Å². The molecule has 2 aliphatic rings. The summed E-state index contributed by atoms with van der Waals surface area (Å²) in [5, 5.41) is 0. The predicted octanol–water partition coefficient (Wildman–Crippen LogP) is 2.59. The number of hydrogen-bond donors (Lipinski definition) is 0. The van der Waals surface area contributed by atoms with Gasteiger partial charge in [0.2, 0.25) is 0 Å². The van der Waals surface area contributed by atoms with Gasteiger partial charge in [0.1, 0.15) is 0 Å². The normalized spacial score (nSPS) is 10.0.